The number of hydrogen-bond donors (Lipinski definition) is 1. The van der Waals surface area contributed by atoms with Crippen LogP contribution in [0.15, 0.2) is 36.4 Å². The van der Waals surface area contributed by atoms with Gasteiger partial charge in [0.15, 0.2) is 0 Å². The summed E-state index contributed by atoms with van der Waals surface area (Å²) < 4.78 is 5.87. The molecule has 0 saturated heterocycles. The van der Waals surface area contributed by atoms with E-state index < -0.39 is 0 Å². The standard InChI is InChI=1S/C19H20N4O2S/c1-4-17-21-19(22-26-17)20-16(24)11-14-9-10-15(23(14)3)18(25)13-7-5-12(2)6-8-13/h5-10H,4,11H2,1-3H3,(H,20,22,24). The molecule has 3 aromatic rings. The van der Waals surface area contributed by atoms with Gasteiger partial charge in [0.25, 0.3) is 0 Å². The molecule has 2 aromatic heterocycles. The number of nitrogens with one attached hydrogen (secondary N) is 1. The molecule has 1 amide bonds. The minimum Gasteiger partial charge on any atom is -0.344 e. The SMILES string of the molecule is CCc1nc(NC(=O)Cc2ccc(C(=O)c3ccc(C)cc3)n2C)ns1. The lowest BCUT2D eigenvalue weighted by molar-refractivity contribution is -0.115. The van der Waals surface area contributed by atoms with E-state index in [0.717, 1.165) is 22.7 Å². The van der Waals surface area contributed by atoms with Crippen LogP contribution in [0.2, 0.25) is 0 Å². The number of benzene rings is 1. The molecule has 0 unspecified atom stereocenters. The second kappa shape index (κ2) is 7.61. The minimum atomic E-state index is -0.207. The average molecular weight is 368 g/mol. The van der Waals surface area contributed by atoms with Crippen molar-refractivity contribution in [3.05, 3.63) is 63.9 Å². The monoisotopic (exact) mass is 368 g/mol. The third-order valence-electron chi connectivity index (χ3n) is 4.14. The topological polar surface area (TPSA) is 76.9 Å². The largest absolute Gasteiger partial charge is 0.344 e. The average Bonchev–Trinajstić information content (AvgIpc) is 3.22. The van der Waals surface area contributed by atoms with Crippen molar-refractivity contribution in [3.63, 3.8) is 0 Å². The molecule has 0 aliphatic rings. The number of rotatable bonds is 6. The lowest BCUT2D eigenvalue weighted by Gasteiger charge is -2.07. The molecule has 0 aliphatic carbocycles. The first-order valence-electron chi connectivity index (χ1n) is 8.36. The zero-order valence-corrected chi connectivity index (χ0v) is 15.8. The summed E-state index contributed by atoms with van der Waals surface area (Å²) in [5.74, 6) is 0.0657. The number of amides is 1. The fourth-order valence-electron chi connectivity index (χ4n) is 2.59. The van der Waals surface area contributed by atoms with Crippen molar-refractivity contribution in [1.82, 2.24) is 13.9 Å². The van der Waals surface area contributed by atoms with E-state index in [0.29, 0.717) is 17.2 Å². The predicted molar refractivity (Wildman–Crippen MR) is 102 cm³/mol. The minimum absolute atomic E-state index is 0.0621. The van der Waals surface area contributed by atoms with E-state index in [1.54, 1.807) is 23.7 Å². The Balaban J connectivity index is 1.71. The summed E-state index contributed by atoms with van der Waals surface area (Å²) >= 11 is 1.28. The predicted octanol–water partition coefficient (Wildman–Crippen LogP) is 3.16. The lowest BCUT2D eigenvalue weighted by Crippen LogP contribution is -2.18. The quantitative estimate of drug-likeness (QED) is 0.678. The Hall–Kier alpha value is -2.80. The maximum absolute atomic E-state index is 12.7. The highest BCUT2D eigenvalue weighted by Crippen LogP contribution is 2.15. The van der Waals surface area contributed by atoms with Crippen LogP contribution in [0, 0.1) is 6.92 Å². The first-order chi connectivity index (χ1) is 12.5. The zero-order valence-electron chi connectivity index (χ0n) is 14.9. The molecule has 134 valence electrons. The van der Waals surface area contributed by atoms with E-state index >= 15 is 0 Å². The molecular formula is C19H20N4O2S. The summed E-state index contributed by atoms with van der Waals surface area (Å²) in [4.78, 5) is 29.1. The molecule has 0 fully saturated rings. The molecule has 0 aliphatic heterocycles. The third-order valence-corrected chi connectivity index (χ3v) is 4.99. The van der Waals surface area contributed by atoms with Crippen molar-refractivity contribution in [1.29, 1.82) is 0 Å². The highest BCUT2D eigenvalue weighted by atomic mass is 32.1. The van der Waals surface area contributed by atoms with Crippen LogP contribution in [-0.2, 0) is 24.7 Å². The summed E-state index contributed by atoms with van der Waals surface area (Å²) in [6.45, 7) is 3.97. The lowest BCUT2D eigenvalue weighted by atomic mass is 10.1. The first-order valence-corrected chi connectivity index (χ1v) is 9.13. The Bertz CT molecular complexity index is 941. The van der Waals surface area contributed by atoms with Crippen LogP contribution in [0.25, 0.3) is 0 Å². The third kappa shape index (κ3) is 3.88. The zero-order chi connectivity index (χ0) is 18.7. The van der Waals surface area contributed by atoms with E-state index in [4.69, 9.17) is 0 Å². The van der Waals surface area contributed by atoms with Gasteiger partial charge in [-0.05, 0) is 37.0 Å². The van der Waals surface area contributed by atoms with Gasteiger partial charge in [-0.25, -0.2) is 4.98 Å². The van der Waals surface area contributed by atoms with Crippen LogP contribution in [0.5, 0.6) is 0 Å². The van der Waals surface area contributed by atoms with Crippen molar-refractivity contribution in [2.24, 2.45) is 7.05 Å². The van der Waals surface area contributed by atoms with E-state index in [-0.39, 0.29) is 18.1 Å². The number of hydrogen-bond acceptors (Lipinski definition) is 5. The Labute approximate surface area is 156 Å². The molecule has 0 saturated carbocycles. The van der Waals surface area contributed by atoms with Crippen molar-refractivity contribution in [2.45, 2.75) is 26.7 Å². The van der Waals surface area contributed by atoms with Crippen LogP contribution >= 0.6 is 11.5 Å². The van der Waals surface area contributed by atoms with Gasteiger partial charge in [0, 0.05) is 18.3 Å². The summed E-state index contributed by atoms with van der Waals surface area (Å²) in [5, 5.41) is 3.58. The smallest absolute Gasteiger partial charge is 0.241 e. The van der Waals surface area contributed by atoms with E-state index in [9.17, 15) is 9.59 Å². The normalized spacial score (nSPS) is 10.7. The molecule has 2 heterocycles. The van der Waals surface area contributed by atoms with Crippen LogP contribution in [0.3, 0.4) is 0 Å². The van der Waals surface area contributed by atoms with Crippen LogP contribution < -0.4 is 5.32 Å². The van der Waals surface area contributed by atoms with Crippen LogP contribution in [0.4, 0.5) is 5.95 Å². The number of carbonyl (C=O) groups excluding carboxylic acids is 2. The maximum Gasteiger partial charge on any atom is 0.241 e. The maximum atomic E-state index is 12.7. The van der Waals surface area contributed by atoms with Gasteiger partial charge in [0.05, 0.1) is 12.1 Å². The molecular weight excluding hydrogens is 348 g/mol. The second-order valence-corrected chi connectivity index (χ2v) is 6.89. The van der Waals surface area contributed by atoms with Crippen molar-refractivity contribution in [2.75, 3.05) is 5.32 Å². The van der Waals surface area contributed by atoms with Gasteiger partial charge in [-0.2, -0.15) is 4.37 Å². The van der Waals surface area contributed by atoms with Gasteiger partial charge < -0.3 is 4.57 Å². The van der Waals surface area contributed by atoms with Crippen molar-refractivity contribution >= 4 is 29.2 Å². The Kier molecular flexibility index (Phi) is 5.27. The summed E-state index contributed by atoms with van der Waals surface area (Å²) in [7, 11) is 1.79. The van der Waals surface area contributed by atoms with Crippen LogP contribution in [-0.4, -0.2) is 25.6 Å². The Morgan fingerprint density at radius 3 is 2.54 bits per heavy atom. The number of carbonyl (C=O) groups is 2. The van der Waals surface area contributed by atoms with Gasteiger partial charge in [0.1, 0.15) is 5.01 Å². The molecule has 1 N–H and O–H groups in total. The van der Waals surface area contributed by atoms with Gasteiger partial charge in [-0.3, -0.25) is 14.9 Å². The van der Waals surface area contributed by atoms with E-state index in [2.05, 4.69) is 14.7 Å². The van der Waals surface area contributed by atoms with Crippen LogP contribution in [0.1, 0.15) is 39.2 Å². The molecule has 6 nitrogen and oxygen atoms in total. The number of aromatic nitrogens is 3. The fraction of sp³-hybridized carbons (Fsp3) is 0.263. The molecule has 0 spiro atoms. The Morgan fingerprint density at radius 2 is 1.88 bits per heavy atom. The number of nitrogens with zero attached hydrogens (tertiary/aromatic N) is 3. The molecule has 0 atom stereocenters. The summed E-state index contributed by atoms with van der Waals surface area (Å²) in [5.41, 5.74) is 3.04. The van der Waals surface area contributed by atoms with Gasteiger partial charge in [0.2, 0.25) is 17.6 Å². The van der Waals surface area contributed by atoms with E-state index in [1.807, 2.05) is 38.1 Å². The van der Waals surface area contributed by atoms with Gasteiger partial charge in [-0.1, -0.05) is 36.8 Å². The Morgan fingerprint density at radius 1 is 1.15 bits per heavy atom. The highest BCUT2D eigenvalue weighted by molar-refractivity contribution is 7.05. The van der Waals surface area contributed by atoms with Crippen molar-refractivity contribution < 1.29 is 9.59 Å². The number of aryl methyl sites for hydroxylation is 2. The molecule has 0 radical (unpaired) electrons. The molecule has 0 bridgehead atoms. The fourth-order valence-corrected chi connectivity index (χ4v) is 3.13. The number of anilines is 1. The second-order valence-electron chi connectivity index (χ2n) is 6.05. The summed E-state index contributed by atoms with van der Waals surface area (Å²) in [6, 6.07) is 11.0. The molecule has 1 aromatic carbocycles. The van der Waals surface area contributed by atoms with Gasteiger partial charge >= 0.3 is 0 Å². The first kappa shape index (κ1) is 18.0. The molecule has 7 heteroatoms. The van der Waals surface area contributed by atoms with E-state index in [1.165, 1.54) is 11.5 Å². The number of ketones is 1. The van der Waals surface area contributed by atoms with Gasteiger partial charge in [-0.15, -0.1) is 0 Å². The highest BCUT2D eigenvalue weighted by Gasteiger charge is 2.17. The molecule has 26 heavy (non-hydrogen) atoms. The molecule has 3 rings (SSSR count). The summed E-state index contributed by atoms with van der Waals surface area (Å²) in [6.07, 6.45) is 0.939. The van der Waals surface area contributed by atoms with Crippen molar-refractivity contribution in [3.8, 4) is 0 Å².